The molecule has 3 rings (SSSR count). The second kappa shape index (κ2) is 11.3. The molecule has 0 fully saturated rings. The van der Waals surface area contributed by atoms with Gasteiger partial charge in [0, 0.05) is 5.56 Å². The zero-order valence-corrected chi connectivity index (χ0v) is 20.2. The Morgan fingerprint density at radius 1 is 1.06 bits per heavy atom. The lowest BCUT2D eigenvalue weighted by Gasteiger charge is -2.17. The molecule has 1 aromatic heterocycles. The smallest absolute Gasteiger partial charge is 0.416 e. The number of amides is 1. The first-order chi connectivity index (χ1) is 16.7. The Morgan fingerprint density at radius 2 is 1.69 bits per heavy atom. The van der Waals surface area contributed by atoms with Crippen molar-refractivity contribution < 1.29 is 32.2 Å². The van der Waals surface area contributed by atoms with Crippen LogP contribution < -0.4 is 19.5 Å². The maximum Gasteiger partial charge on any atom is 0.416 e. The van der Waals surface area contributed by atoms with Crippen LogP contribution in [0.3, 0.4) is 0 Å². The summed E-state index contributed by atoms with van der Waals surface area (Å²) in [6, 6.07) is 7.76. The number of H-pyrrole nitrogens is 1. The van der Waals surface area contributed by atoms with E-state index in [1.807, 2.05) is 6.92 Å². The molecule has 0 unspecified atom stereocenters. The van der Waals surface area contributed by atoms with Crippen LogP contribution in [0.2, 0.25) is 0 Å². The quantitative estimate of drug-likeness (QED) is 0.370. The largest absolute Gasteiger partial charge is 0.490 e. The summed E-state index contributed by atoms with van der Waals surface area (Å²) in [5, 5.41) is 9.33. The molecule has 1 amide bonds. The van der Waals surface area contributed by atoms with E-state index in [9.17, 15) is 18.0 Å². The molecule has 188 valence electrons. The number of carbonyl (C=O) groups excluding carboxylic acids is 1. The Morgan fingerprint density at radius 3 is 2.26 bits per heavy atom. The summed E-state index contributed by atoms with van der Waals surface area (Å²) in [4.78, 5) is 13.0. The minimum atomic E-state index is -4.51. The summed E-state index contributed by atoms with van der Waals surface area (Å²) in [6.45, 7) is 6.40. The molecule has 2 N–H and O–H groups in total. The molecule has 0 atom stereocenters. The van der Waals surface area contributed by atoms with E-state index >= 15 is 0 Å². The van der Waals surface area contributed by atoms with E-state index in [4.69, 9.17) is 26.4 Å². The molecule has 0 saturated carbocycles. The first-order valence-corrected chi connectivity index (χ1v) is 11.3. The van der Waals surface area contributed by atoms with E-state index in [1.54, 1.807) is 13.8 Å². The predicted molar refractivity (Wildman–Crippen MR) is 125 cm³/mol. The maximum atomic E-state index is 13.2. The van der Waals surface area contributed by atoms with Gasteiger partial charge in [-0.15, -0.1) is 0 Å². The number of alkyl halides is 3. The number of ether oxygens (including phenoxy) is 3. The molecule has 35 heavy (non-hydrogen) atoms. The van der Waals surface area contributed by atoms with E-state index in [2.05, 4.69) is 15.5 Å². The third kappa shape index (κ3) is 6.13. The lowest BCUT2D eigenvalue weighted by atomic mass is 10.1. The van der Waals surface area contributed by atoms with Crippen molar-refractivity contribution >= 4 is 18.1 Å². The zero-order valence-electron chi connectivity index (χ0n) is 19.4. The monoisotopic (exact) mass is 510 g/mol. The van der Waals surface area contributed by atoms with Gasteiger partial charge in [-0.05, 0) is 63.3 Å². The number of aromatic nitrogens is 3. The predicted octanol–water partition coefficient (Wildman–Crippen LogP) is 5.07. The Hall–Kier alpha value is -3.54. The van der Waals surface area contributed by atoms with Crippen molar-refractivity contribution in [1.29, 1.82) is 0 Å². The minimum absolute atomic E-state index is 0.0897. The van der Waals surface area contributed by atoms with Crippen LogP contribution >= 0.6 is 12.2 Å². The van der Waals surface area contributed by atoms with Crippen LogP contribution in [-0.2, 0) is 12.7 Å². The lowest BCUT2D eigenvalue weighted by molar-refractivity contribution is -0.137. The van der Waals surface area contributed by atoms with Gasteiger partial charge in [-0.3, -0.25) is 14.5 Å². The Bertz CT molecular complexity index is 1210. The van der Waals surface area contributed by atoms with Crippen LogP contribution in [0.25, 0.3) is 5.69 Å². The average molecular weight is 511 g/mol. The number of nitrogens with zero attached hydrogens (tertiary/aromatic N) is 2. The molecule has 0 aliphatic heterocycles. The fourth-order valence-corrected chi connectivity index (χ4v) is 3.57. The molecule has 0 aliphatic carbocycles. The molecule has 0 aliphatic rings. The summed E-state index contributed by atoms with van der Waals surface area (Å²) in [5.41, 5.74) is -0.407. The Balaban J connectivity index is 1.88. The van der Waals surface area contributed by atoms with Gasteiger partial charge in [0.1, 0.15) is 0 Å². The highest BCUT2D eigenvalue weighted by molar-refractivity contribution is 7.71. The summed E-state index contributed by atoms with van der Waals surface area (Å²) >= 11 is 5.20. The molecular formula is C23H25F3N4O4S. The molecule has 0 spiro atoms. The third-order valence-corrected chi connectivity index (χ3v) is 5.03. The Labute approximate surface area is 205 Å². The highest BCUT2D eigenvalue weighted by atomic mass is 32.1. The molecule has 3 aromatic rings. The number of benzene rings is 2. The molecular weight excluding hydrogens is 485 g/mol. The van der Waals surface area contributed by atoms with Gasteiger partial charge < -0.3 is 19.5 Å². The SMILES string of the molecule is CCOc1cc(C(=O)NCc2n[nH]c(=S)n2-c2cccc(C(F)(F)F)c2)cc(OCC)c1OCC. The first-order valence-electron chi connectivity index (χ1n) is 10.9. The van der Waals surface area contributed by atoms with Gasteiger partial charge in [-0.25, -0.2) is 0 Å². The maximum absolute atomic E-state index is 13.2. The third-order valence-electron chi connectivity index (χ3n) is 4.75. The molecule has 0 saturated heterocycles. The topological polar surface area (TPSA) is 90.4 Å². The van der Waals surface area contributed by atoms with Crippen LogP contribution in [-0.4, -0.2) is 40.5 Å². The highest BCUT2D eigenvalue weighted by Gasteiger charge is 2.30. The second-order valence-electron chi connectivity index (χ2n) is 7.11. The molecule has 2 aromatic carbocycles. The Kier molecular flexibility index (Phi) is 8.39. The second-order valence-corrected chi connectivity index (χ2v) is 7.50. The number of carbonyl (C=O) groups is 1. The van der Waals surface area contributed by atoms with Gasteiger partial charge in [0.15, 0.2) is 22.1 Å². The molecule has 0 radical (unpaired) electrons. The van der Waals surface area contributed by atoms with Gasteiger partial charge in [0.05, 0.1) is 37.6 Å². The van der Waals surface area contributed by atoms with Gasteiger partial charge >= 0.3 is 6.18 Å². The van der Waals surface area contributed by atoms with Crippen LogP contribution in [0.1, 0.15) is 42.5 Å². The van der Waals surface area contributed by atoms with Crippen molar-refractivity contribution in [2.24, 2.45) is 0 Å². The fourth-order valence-electron chi connectivity index (χ4n) is 3.32. The summed E-state index contributed by atoms with van der Waals surface area (Å²) in [5.74, 6) is 0.871. The van der Waals surface area contributed by atoms with E-state index in [1.165, 1.54) is 28.8 Å². The van der Waals surface area contributed by atoms with Crippen molar-refractivity contribution in [2.45, 2.75) is 33.5 Å². The van der Waals surface area contributed by atoms with E-state index in [-0.39, 0.29) is 28.4 Å². The number of nitrogens with one attached hydrogen (secondary N) is 2. The van der Waals surface area contributed by atoms with Crippen LogP contribution in [0.4, 0.5) is 13.2 Å². The number of hydrogen-bond donors (Lipinski definition) is 2. The van der Waals surface area contributed by atoms with Crippen molar-refractivity contribution in [1.82, 2.24) is 20.1 Å². The van der Waals surface area contributed by atoms with Gasteiger partial charge in [0.2, 0.25) is 5.75 Å². The highest BCUT2D eigenvalue weighted by Crippen LogP contribution is 2.39. The molecule has 1 heterocycles. The van der Waals surface area contributed by atoms with Gasteiger partial charge in [-0.2, -0.15) is 18.3 Å². The van der Waals surface area contributed by atoms with E-state index < -0.39 is 17.6 Å². The number of rotatable bonds is 10. The fraction of sp³-hybridized carbons (Fsp3) is 0.348. The average Bonchev–Trinajstić information content (AvgIpc) is 3.19. The van der Waals surface area contributed by atoms with Crippen molar-refractivity contribution in [2.75, 3.05) is 19.8 Å². The minimum Gasteiger partial charge on any atom is -0.490 e. The van der Waals surface area contributed by atoms with Crippen LogP contribution in [0.15, 0.2) is 36.4 Å². The molecule has 0 bridgehead atoms. The summed E-state index contributed by atoms with van der Waals surface area (Å²) in [7, 11) is 0. The number of hydrogen-bond acceptors (Lipinski definition) is 6. The van der Waals surface area contributed by atoms with Crippen LogP contribution in [0.5, 0.6) is 17.2 Å². The first kappa shape index (κ1) is 26.1. The van der Waals surface area contributed by atoms with Crippen molar-refractivity contribution in [3.8, 4) is 22.9 Å². The van der Waals surface area contributed by atoms with Crippen molar-refractivity contribution in [3.05, 3.63) is 58.1 Å². The summed E-state index contributed by atoms with van der Waals surface area (Å²) in [6.07, 6.45) is -4.51. The zero-order chi connectivity index (χ0) is 25.6. The van der Waals surface area contributed by atoms with Crippen LogP contribution in [0, 0.1) is 4.77 Å². The summed E-state index contributed by atoms with van der Waals surface area (Å²) < 4.78 is 57.8. The molecule has 12 heteroatoms. The van der Waals surface area contributed by atoms with E-state index in [0.717, 1.165) is 12.1 Å². The van der Waals surface area contributed by atoms with Gasteiger partial charge in [0.25, 0.3) is 5.91 Å². The van der Waals surface area contributed by atoms with E-state index in [0.29, 0.717) is 37.1 Å². The normalized spacial score (nSPS) is 11.3. The van der Waals surface area contributed by atoms with Gasteiger partial charge in [-0.1, -0.05) is 6.07 Å². The standard InChI is InChI=1S/C23H25F3N4O4S/c1-4-32-17-10-14(11-18(33-5-2)20(17)34-6-3)21(31)27-13-19-28-29-22(35)30(19)16-9-7-8-15(12-16)23(24,25)26/h7-12H,4-6,13H2,1-3H3,(H,27,31)(H,29,35). The lowest BCUT2D eigenvalue weighted by Crippen LogP contribution is -2.25. The van der Waals surface area contributed by atoms with Crippen molar-refractivity contribution in [3.63, 3.8) is 0 Å². The number of aromatic amines is 1. The molecule has 8 nitrogen and oxygen atoms in total. The number of halogens is 3.